The molecule has 2 aromatic carbocycles. The van der Waals surface area contributed by atoms with Gasteiger partial charge in [0.25, 0.3) is 0 Å². The first-order valence-electron chi connectivity index (χ1n) is 12.5. The number of benzene rings is 2. The van der Waals surface area contributed by atoms with E-state index in [2.05, 4.69) is 24.1 Å². The summed E-state index contributed by atoms with van der Waals surface area (Å²) in [6.45, 7) is 8.63. The van der Waals surface area contributed by atoms with Gasteiger partial charge >= 0.3 is 0 Å². The van der Waals surface area contributed by atoms with E-state index < -0.39 is 5.41 Å². The smallest absolute Gasteiger partial charge is 0.235 e. The molecule has 4 nitrogen and oxygen atoms in total. The van der Waals surface area contributed by atoms with Crippen LogP contribution in [0.3, 0.4) is 0 Å². The normalized spacial score (nSPS) is 23.1. The number of ether oxygens (including phenoxy) is 1. The van der Waals surface area contributed by atoms with E-state index in [9.17, 15) is 4.79 Å². The van der Waals surface area contributed by atoms with E-state index >= 15 is 0 Å². The minimum absolute atomic E-state index is 0.0755. The predicted molar refractivity (Wildman–Crippen MR) is 136 cm³/mol. The number of amides is 1. The number of likely N-dealkylation sites (tertiary alicyclic amines) is 1. The lowest BCUT2D eigenvalue weighted by atomic mass is 9.68. The Labute approximate surface area is 203 Å². The van der Waals surface area contributed by atoms with Crippen molar-refractivity contribution in [2.24, 2.45) is 11.8 Å². The van der Waals surface area contributed by atoms with E-state index in [-0.39, 0.29) is 5.91 Å². The van der Waals surface area contributed by atoms with Crippen LogP contribution in [0.4, 0.5) is 5.69 Å². The Kier molecular flexibility index (Phi) is 7.98. The average molecular weight is 469 g/mol. The third kappa shape index (κ3) is 6.10. The molecule has 2 fully saturated rings. The maximum atomic E-state index is 13.5. The van der Waals surface area contributed by atoms with Crippen LogP contribution >= 0.6 is 11.6 Å². The molecule has 0 bridgehead atoms. The molecular weight excluding hydrogens is 432 g/mol. The van der Waals surface area contributed by atoms with Crippen LogP contribution in [0.2, 0.25) is 5.02 Å². The summed E-state index contributed by atoms with van der Waals surface area (Å²) < 4.78 is 5.99. The van der Waals surface area contributed by atoms with Gasteiger partial charge in [0, 0.05) is 30.3 Å². The lowest BCUT2D eigenvalue weighted by Gasteiger charge is -2.36. The molecule has 0 unspecified atom stereocenters. The van der Waals surface area contributed by atoms with Gasteiger partial charge in [0.2, 0.25) is 5.91 Å². The number of hydrogen-bond acceptors (Lipinski definition) is 3. The molecule has 1 amide bonds. The zero-order valence-electron chi connectivity index (χ0n) is 20.0. The Hall–Kier alpha value is -2.04. The van der Waals surface area contributed by atoms with Crippen LogP contribution in [0, 0.1) is 11.8 Å². The molecule has 178 valence electrons. The molecule has 4 rings (SSSR count). The summed E-state index contributed by atoms with van der Waals surface area (Å²) in [6, 6.07) is 15.6. The van der Waals surface area contributed by atoms with E-state index in [1.54, 1.807) is 0 Å². The number of piperidine rings is 1. The van der Waals surface area contributed by atoms with Crippen LogP contribution in [-0.4, -0.2) is 37.0 Å². The Morgan fingerprint density at radius 3 is 2.27 bits per heavy atom. The summed E-state index contributed by atoms with van der Waals surface area (Å²) >= 11 is 6.10. The SMILES string of the molecule is C[C@@H]1C[C@H](C)CN(CCOc2ccc(NC(=O)C3(c4ccc(Cl)cc4)CCCCC3)cc2)C1. The minimum atomic E-state index is -0.485. The largest absolute Gasteiger partial charge is 0.492 e. The second kappa shape index (κ2) is 10.9. The summed E-state index contributed by atoms with van der Waals surface area (Å²) in [4.78, 5) is 16.0. The van der Waals surface area contributed by atoms with Gasteiger partial charge in [0.05, 0.1) is 5.41 Å². The van der Waals surface area contributed by atoms with E-state index in [0.717, 1.165) is 74.2 Å². The van der Waals surface area contributed by atoms with E-state index in [0.29, 0.717) is 11.6 Å². The molecule has 2 aliphatic rings. The van der Waals surface area contributed by atoms with Crippen molar-refractivity contribution in [3.63, 3.8) is 0 Å². The van der Waals surface area contributed by atoms with Crippen molar-refractivity contribution in [1.29, 1.82) is 0 Å². The lowest BCUT2D eigenvalue weighted by Crippen LogP contribution is -2.42. The first-order chi connectivity index (χ1) is 15.9. The number of carbonyl (C=O) groups is 1. The molecule has 2 atom stereocenters. The van der Waals surface area contributed by atoms with E-state index in [1.807, 2.05) is 48.5 Å². The first-order valence-corrected chi connectivity index (χ1v) is 12.9. The summed E-state index contributed by atoms with van der Waals surface area (Å²) in [6.07, 6.45) is 6.38. The van der Waals surface area contributed by atoms with Crippen LogP contribution in [0.5, 0.6) is 5.75 Å². The Bertz CT molecular complexity index is 896. The molecule has 5 heteroatoms. The van der Waals surface area contributed by atoms with Gasteiger partial charge in [-0.25, -0.2) is 0 Å². The van der Waals surface area contributed by atoms with Crippen LogP contribution in [0.1, 0.15) is 57.9 Å². The van der Waals surface area contributed by atoms with Crippen molar-refractivity contribution in [3.05, 3.63) is 59.1 Å². The summed E-state index contributed by atoms with van der Waals surface area (Å²) in [5.41, 5.74) is 1.39. The molecule has 33 heavy (non-hydrogen) atoms. The molecule has 1 saturated carbocycles. The second-order valence-corrected chi connectivity index (χ2v) is 10.6. The average Bonchev–Trinajstić information content (AvgIpc) is 2.80. The highest BCUT2D eigenvalue weighted by atomic mass is 35.5. The Morgan fingerprint density at radius 1 is 1.00 bits per heavy atom. The fourth-order valence-electron chi connectivity index (χ4n) is 5.72. The molecule has 1 N–H and O–H groups in total. The molecular formula is C28H37ClN2O2. The molecule has 1 aliphatic carbocycles. The quantitative estimate of drug-likeness (QED) is 0.501. The highest BCUT2D eigenvalue weighted by Crippen LogP contribution is 2.41. The van der Waals surface area contributed by atoms with E-state index in [4.69, 9.17) is 16.3 Å². The van der Waals surface area contributed by atoms with Gasteiger partial charge < -0.3 is 10.1 Å². The Balaban J connectivity index is 1.34. The second-order valence-electron chi connectivity index (χ2n) is 10.2. The number of nitrogens with zero attached hydrogens (tertiary/aromatic N) is 1. The summed E-state index contributed by atoms with van der Waals surface area (Å²) in [5.74, 6) is 2.44. The van der Waals surface area contributed by atoms with Gasteiger partial charge in [0.15, 0.2) is 0 Å². The lowest BCUT2D eigenvalue weighted by molar-refractivity contribution is -0.122. The molecule has 1 aliphatic heterocycles. The number of nitrogens with one attached hydrogen (secondary N) is 1. The maximum absolute atomic E-state index is 13.5. The monoisotopic (exact) mass is 468 g/mol. The maximum Gasteiger partial charge on any atom is 0.235 e. The molecule has 2 aromatic rings. The number of hydrogen-bond donors (Lipinski definition) is 1. The highest BCUT2D eigenvalue weighted by Gasteiger charge is 2.41. The third-order valence-corrected chi connectivity index (χ3v) is 7.52. The van der Waals surface area contributed by atoms with Gasteiger partial charge in [-0.15, -0.1) is 0 Å². The topological polar surface area (TPSA) is 41.6 Å². The highest BCUT2D eigenvalue weighted by molar-refractivity contribution is 6.30. The molecule has 1 saturated heterocycles. The van der Waals surface area contributed by atoms with Gasteiger partial charge in [-0.05, 0) is 73.1 Å². The third-order valence-electron chi connectivity index (χ3n) is 7.27. The predicted octanol–water partition coefficient (Wildman–Crippen LogP) is 6.54. The van der Waals surface area contributed by atoms with Gasteiger partial charge in [-0.3, -0.25) is 9.69 Å². The molecule has 0 aromatic heterocycles. The minimum Gasteiger partial charge on any atom is -0.492 e. The van der Waals surface area contributed by atoms with Crippen LogP contribution in [0.25, 0.3) is 0 Å². The molecule has 0 radical (unpaired) electrons. The van der Waals surface area contributed by atoms with Crippen LogP contribution < -0.4 is 10.1 Å². The van der Waals surface area contributed by atoms with Crippen molar-refractivity contribution in [2.75, 3.05) is 31.6 Å². The number of rotatable bonds is 7. The molecule has 0 spiro atoms. The summed E-state index contributed by atoms with van der Waals surface area (Å²) in [5, 5.41) is 3.87. The van der Waals surface area contributed by atoms with Crippen molar-refractivity contribution in [3.8, 4) is 5.75 Å². The van der Waals surface area contributed by atoms with Gasteiger partial charge in [0.1, 0.15) is 12.4 Å². The number of carbonyl (C=O) groups excluding carboxylic acids is 1. The van der Waals surface area contributed by atoms with E-state index in [1.165, 1.54) is 12.8 Å². The zero-order valence-corrected chi connectivity index (χ0v) is 20.7. The number of halogens is 1. The van der Waals surface area contributed by atoms with Gasteiger partial charge in [-0.2, -0.15) is 0 Å². The Morgan fingerprint density at radius 2 is 1.64 bits per heavy atom. The van der Waals surface area contributed by atoms with Crippen molar-refractivity contribution >= 4 is 23.2 Å². The standard InChI is InChI=1S/C28H37ClN2O2/c1-21-18-22(2)20-31(19-21)16-17-33-26-12-10-25(11-13-26)30-27(32)28(14-4-3-5-15-28)23-6-8-24(29)9-7-23/h6-13,21-22H,3-5,14-20H2,1-2H3,(H,30,32)/t21-,22+. The molecule has 1 heterocycles. The fraction of sp³-hybridized carbons (Fsp3) is 0.536. The van der Waals surface area contributed by atoms with Crippen molar-refractivity contribution in [1.82, 2.24) is 4.90 Å². The van der Waals surface area contributed by atoms with Gasteiger partial charge in [-0.1, -0.05) is 56.8 Å². The van der Waals surface area contributed by atoms with Crippen molar-refractivity contribution < 1.29 is 9.53 Å². The van der Waals surface area contributed by atoms with Crippen LogP contribution in [0.15, 0.2) is 48.5 Å². The fourth-order valence-corrected chi connectivity index (χ4v) is 5.85. The van der Waals surface area contributed by atoms with Crippen LogP contribution in [-0.2, 0) is 10.2 Å². The first kappa shape index (κ1) is 24.1. The zero-order chi connectivity index (χ0) is 23.3. The summed E-state index contributed by atoms with van der Waals surface area (Å²) in [7, 11) is 0. The number of anilines is 1. The van der Waals surface area contributed by atoms with Crippen molar-refractivity contribution in [2.45, 2.75) is 57.8 Å².